The van der Waals surface area contributed by atoms with Crippen LogP contribution in [-0.2, 0) is 19.6 Å². The van der Waals surface area contributed by atoms with E-state index in [0.717, 1.165) is 13.2 Å². The van der Waals surface area contributed by atoms with Gasteiger partial charge in [0.2, 0.25) is 10.0 Å². The zero-order valence-corrected chi connectivity index (χ0v) is 12.2. The lowest BCUT2D eigenvalue weighted by molar-refractivity contribution is -0.140. The molecule has 0 unspecified atom stereocenters. The summed E-state index contributed by atoms with van der Waals surface area (Å²) in [7, 11) is -2.69. The fourth-order valence-electron chi connectivity index (χ4n) is 1.40. The number of hydrogen-bond acceptors (Lipinski definition) is 5. The third-order valence-corrected chi connectivity index (χ3v) is 3.80. The van der Waals surface area contributed by atoms with Crippen molar-refractivity contribution in [1.29, 1.82) is 0 Å². The average molecular weight is 320 g/mol. The van der Waals surface area contributed by atoms with Crippen LogP contribution in [0.2, 0.25) is 0 Å². The van der Waals surface area contributed by atoms with Gasteiger partial charge in [-0.15, -0.1) is 0 Å². The molecule has 0 aromatic heterocycles. The van der Waals surface area contributed by atoms with Crippen LogP contribution < -0.4 is 10.5 Å². The summed E-state index contributed by atoms with van der Waals surface area (Å²) in [5.74, 6) is -1.89. The summed E-state index contributed by atoms with van der Waals surface area (Å²) in [6.45, 7) is 0. The van der Waals surface area contributed by atoms with Gasteiger partial charge in [0.05, 0.1) is 30.5 Å². The van der Waals surface area contributed by atoms with Crippen LogP contribution in [0.15, 0.2) is 18.2 Å². The van der Waals surface area contributed by atoms with E-state index < -0.39 is 27.6 Å². The molecule has 1 aromatic rings. The molecule has 1 aromatic carbocycles. The molecule has 0 heterocycles. The Labute approximate surface area is 121 Å². The van der Waals surface area contributed by atoms with E-state index in [0.29, 0.717) is 0 Å². The minimum Gasteiger partial charge on any atom is -0.469 e. The molecule has 3 N–H and O–H groups in total. The molecule has 1 rings (SSSR count). The number of nitrogens with two attached hydrogens (primary N) is 1. The van der Waals surface area contributed by atoms with Gasteiger partial charge in [-0.3, -0.25) is 9.52 Å². The summed E-state index contributed by atoms with van der Waals surface area (Å²) < 4.78 is 43.6. The molecule has 0 radical (unpaired) electrons. The first kappa shape index (κ1) is 16.3. The van der Waals surface area contributed by atoms with Crippen LogP contribution in [0.5, 0.6) is 0 Å². The number of nitrogens with one attached hydrogen (secondary N) is 1. The normalized spacial score (nSPS) is 10.9. The molecule has 0 fully saturated rings. The topological polar surface area (TPSA) is 98.5 Å². The van der Waals surface area contributed by atoms with E-state index in [2.05, 4.69) is 21.7 Å². The van der Waals surface area contributed by atoms with Gasteiger partial charge in [0, 0.05) is 0 Å². The highest BCUT2D eigenvalue weighted by molar-refractivity contribution is 7.92. The van der Waals surface area contributed by atoms with Crippen molar-refractivity contribution in [3.05, 3.63) is 29.6 Å². The van der Waals surface area contributed by atoms with E-state index >= 15 is 0 Å². The van der Waals surface area contributed by atoms with Gasteiger partial charge in [-0.1, -0.05) is 18.3 Å². The Balaban J connectivity index is 2.96. The number of benzene rings is 1. The molecular formula is C11H13FN2O4S2. The van der Waals surface area contributed by atoms with Crippen molar-refractivity contribution < 1.29 is 22.3 Å². The highest BCUT2D eigenvalue weighted by Crippen LogP contribution is 2.20. The fourth-order valence-corrected chi connectivity index (χ4v) is 2.65. The summed E-state index contributed by atoms with van der Waals surface area (Å²) in [6.07, 6.45) is -0.316. The van der Waals surface area contributed by atoms with E-state index in [1.165, 1.54) is 12.1 Å². The lowest BCUT2D eigenvalue weighted by atomic mass is 10.2. The Morgan fingerprint density at radius 2 is 2.15 bits per heavy atom. The summed E-state index contributed by atoms with van der Waals surface area (Å²) in [4.78, 5) is 10.7. The molecule has 20 heavy (non-hydrogen) atoms. The Morgan fingerprint density at radius 3 is 2.70 bits per heavy atom. The molecule has 0 amide bonds. The molecule has 0 spiro atoms. The summed E-state index contributed by atoms with van der Waals surface area (Å²) in [6, 6.07) is 3.75. The number of thiocarbonyl (C=S) groups is 1. The number of rotatable bonds is 6. The Morgan fingerprint density at radius 1 is 1.50 bits per heavy atom. The number of sulfonamides is 1. The maximum Gasteiger partial charge on any atom is 0.306 e. The molecule has 0 atom stereocenters. The van der Waals surface area contributed by atoms with E-state index in [1.54, 1.807) is 0 Å². The molecule has 0 aliphatic carbocycles. The Bertz CT molecular complexity index is 631. The SMILES string of the molecule is COC(=O)CCS(=O)(=O)Nc1cccc(F)c1C(N)=S. The van der Waals surface area contributed by atoms with Crippen molar-refractivity contribution >= 4 is 38.9 Å². The first-order valence-electron chi connectivity index (χ1n) is 5.42. The quantitative estimate of drug-likeness (QED) is 0.593. The van der Waals surface area contributed by atoms with Crippen molar-refractivity contribution in [2.75, 3.05) is 17.6 Å². The van der Waals surface area contributed by atoms with Crippen LogP contribution >= 0.6 is 12.2 Å². The minimum absolute atomic E-state index is 0.0673. The van der Waals surface area contributed by atoms with Crippen molar-refractivity contribution in [2.24, 2.45) is 5.73 Å². The molecule has 9 heteroatoms. The summed E-state index contributed by atoms with van der Waals surface area (Å²) >= 11 is 4.68. The summed E-state index contributed by atoms with van der Waals surface area (Å²) in [5, 5.41) is 0. The monoisotopic (exact) mass is 320 g/mol. The predicted octanol–water partition coefficient (Wildman–Crippen LogP) is 0.765. The smallest absolute Gasteiger partial charge is 0.306 e. The van der Waals surface area contributed by atoms with Gasteiger partial charge < -0.3 is 10.5 Å². The third kappa shape index (κ3) is 4.42. The van der Waals surface area contributed by atoms with Crippen LogP contribution in [0.3, 0.4) is 0 Å². The zero-order valence-electron chi connectivity index (χ0n) is 10.6. The van der Waals surface area contributed by atoms with E-state index in [-0.39, 0.29) is 22.7 Å². The van der Waals surface area contributed by atoms with Crippen LogP contribution in [0.25, 0.3) is 0 Å². The lowest BCUT2D eigenvalue weighted by Gasteiger charge is -2.12. The second kappa shape index (κ2) is 6.62. The van der Waals surface area contributed by atoms with Crippen LogP contribution in [0.1, 0.15) is 12.0 Å². The number of halogens is 1. The van der Waals surface area contributed by atoms with E-state index in [1.807, 2.05) is 0 Å². The van der Waals surface area contributed by atoms with Gasteiger partial charge in [-0.05, 0) is 12.1 Å². The van der Waals surface area contributed by atoms with Gasteiger partial charge in [0.25, 0.3) is 0 Å². The molecule has 0 aliphatic rings. The number of anilines is 1. The number of carbonyl (C=O) groups excluding carboxylic acids is 1. The van der Waals surface area contributed by atoms with Crippen LogP contribution in [0.4, 0.5) is 10.1 Å². The summed E-state index contributed by atoms with van der Waals surface area (Å²) in [5.41, 5.74) is 5.10. The van der Waals surface area contributed by atoms with Gasteiger partial charge in [-0.25, -0.2) is 12.8 Å². The fraction of sp³-hybridized carbons (Fsp3) is 0.273. The highest BCUT2D eigenvalue weighted by atomic mass is 32.2. The Hall–Kier alpha value is -1.74. The van der Waals surface area contributed by atoms with Crippen molar-refractivity contribution in [3.8, 4) is 0 Å². The number of esters is 1. The second-order valence-electron chi connectivity index (χ2n) is 3.77. The number of hydrogen-bond donors (Lipinski definition) is 2. The molecule has 0 bridgehead atoms. The van der Waals surface area contributed by atoms with E-state index in [9.17, 15) is 17.6 Å². The molecule has 110 valence electrons. The predicted molar refractivity (Wildman–Crippen MR) is 76.3 cm³/mol. The highest BCUT2D eigenvalue weighted by Gasteiger charge is 2.18. The van der Waals surface area contributed by atoms with Crippen molar-refractivity contribution in [3.63, 3.8) is 0 Å². The van der Waals surface area contributed by atoms with Gasteiger partial charge in [0.15, 0.2) is 0 Å². The first-order valence-corrected chi connectivity index (χ1v) is 7.48. The molecule has 0 saturated heterocycles. The molecule has 0 aliphatic heterocycles. The molecule has 0 saturated carbocycles. The standard InChI is InChI=1S/C11H13FN2O4S2/c1-18-9(15)5-6-20(16,17)14-8-4-2-3-7(12)10(8)11(13)19/h2-4,14H,5-6H2,1H3,(H2,13,19). The first-order chi connectivity index (χ1) is 9.26. The lowest BCUT2D eigenvalue weighted by Crippen LogP contribution is -2.22. The van der Waals surface area contributed by atoms with Gasteiger partial charge in [-0.2, -0.15) is 0 Å². The molecular weight excluding hydrogens is 307 g/mol. The number of ether oxygens (including phenoxy) is 1. The van der Waals surface area contributed by atoms with Crippen LogP contribution in [0, 0.1) is 5.82 Å². The zero-order chi connectivity index (χ0) is 15.3. The van der Waals surface area contributed by atoms with E-state index in [4.69, 9.17) is 5.73 Å². The second-order valence-corrected chi connectivity index (χ2v) is 6.06. The maximum absolute atomic E-state index is 13.6. The largest absolute Gasteiger partial charge is 0.469 e. The Kier molecular flexibility index (Phi) is 5.40. The van der Waals surface area contributed by atoms with Crippen molar-refractivity contribution in [1.82, 2.24) is 0 Å². The van der Waals surface area contributed by atoms with Crippen molar-refractivity contribution in [2.45, 2.75) is 6.42 Å². The number of methoxy groups -OCH3 is 1. The van der Waals surface area contributed by atoms with Gasteiger partial charge >= 0.3 is 5.97 Å². The van der Waals surface area contributed by atoms with Gasteiger partial charge in [0.1, 0.15) is 10.8 Å². The minimum atomic E-state index is -3.85. The maximum atomic E-state index is 13.6. The molecule has 6 nitrogen and oxygen atoms in total. The average Bonchev–Trinajstić information content (AvgIpc) is 2.35. The number of carbonyl (C=O) groups is 1. The third-order valence-electron chi connectivity index (χ3n) is 2.33. The van der Waals surface area contributed by atoms with Crippen LogP contribution in [-0.4, -0.2) is 32.2 Å².